The molecule has 0 aliphatic heterocycles. The molecule has 2 aliphatic carbocycles. The van der Waals surface area contributed by atoms with Gasteiger partial charge in [-0.25, -0.2) is 0 Å². The van der Waals surface area contributed by atoms with Crippen molar-refractivity contribution in [2.24, 2.45) is 0 Å². The van der Waals surface area contributed by atoms with Gasteiger partial charge in [-0.1, -0.05) is 113 Å². The fourth-order valence-corrected chi connectivity index (χ4v) is 9.84. The van der Waals surface area contributed by atoms with Crippen molar-refractivity contribution in [3.63, 3.8) is 0 Å². The summed E-state index contributed by atoms with van der Waals surface area (Å²) in [7, 11) is 0. The highest BCUT2D eigenvalue weighted by Gasteiger charge is 2.37. The molecule has 1 heterocycles. The predicted octanol–water partition coefficient (Wildman–Crippen LogP) is 13.3. The van der Waals surface area contributed by atoms with Crippen molar-refractivity contribution < 1.29 is 0 Å². The van der Waals surface area contributed by atoms with Crippen molar-refractivity contribution >= 4 is 59.3 Å². The van der Waals surface area contributed by atoms with E-state index in [1.165, 1.54) is 92.5 Å². The Balaban J connectivity index is 1.19. The minimum absolute atomic E-state index is 0.0792. The van der Waals surface area contributed by atoms with Crippen LogP contribution in [0, 0.1) is 0 Å². The molecule has 230 valence electrons. The minimum atomic E-state index is -0.0792. The van der Waals surface area contributed by atoms with E-state index < -0.39 is 0 Å². The van der Waals surface area contributed by atoms with Crippen LogP contribution in [-0.2, 0) is 10.8 Å². The van der Waals surface area contributed by atoms with Gasteiger partial charge in [0, 0.05) is 48.1 Å². The van der Waals surface area contributed by atoms with Crippen LogP contribution in [0.1, 0.15) is 49.9 Å². The molecule has 0 saturated carbocycles. The number of hydrogen-bond acceptors (Lipinski definition) is 2. The molecule has 0 spiro atoms. The molecule has 0 radical (unpaired) electrons. The summed E-state index contributed by atoms with van der Waals surface area (Å²) in [4.78, 5) is 2.48. The highest BCUT2D eigenvalue weighted by Crippen LogP contribution is 2.53. The Hall–Kier alpha value is -5.18. The molecule has 10 rings (SSSR count). The zero-order chi connectivity index (χ0) is 32.4. The number of rotatable bonds is 3. The average molecular weight is 634 g/mol. The first-order valence-electron chi connectivity index (χ1n) is 16.9. The predicted molar refractivity (Wildman–Crippen MR) is 207 cm³/mol. The van der Waals surface area contributed by atoms with E-state index in [1.807, 2.05) is 11.3 Å². The van der Waals surface area contributed by atoms with Crippen molar-refractivity contribution in [1.29, 1.82) is 0 Å². The number of hydrogen-bond donors (Lipinski definition) is 0. The molecule has 0 unspecified atom stereocenters. The molecule has 0 saturated heterocycles. The number of benzene rings is 7. The van der Waals surface area contributed by atoms with E-state index >= 15 is 0 Å². The van der Waals surface area contributed by atoms with Gasteiger partial charge in [-0.15, -0.1) is 11.3 Å². The van der Waals surface area contributed by atoms with E-state index in [2.05, 4.69) is 172 Å². The molecular formula is C46H35NS. The SMILES string of the molecule is CC1(C)c2ccccc2-c2ccc(N(c3ccc4c(c3)C(C)(C)c3ccccc3-4)c3ccc4cc5sc6ccccc6c5cc4c3)cc21. The second-order valence-corrected chi connectivity index (χ2v) is 15.7. The third-order valence-corrected chi connectivity index (χ3v) is 12.4. The molecule has 2 aliphatic rings. The van der Waals surface area contributed by atoms with Crippen LogP contribution in [0.3, 0.4) is 0 Å². The highest BCUT2D eigenvalue weighted by molar-refractivity contribution is 7.25. The number of fused-ring (bicyclic) bond motifs is 10. The average Bonchev–Trinajstić information content (AvgIpc) is 3.66. The number of nitrogens with zero attached hydrogens (tertiary/aromatic N) is 1. The van der Waals surface area contributed by atoms with Gasteiger partial charge in [0.2, 0.25) is 0 Å². The fraction of sp³-hybridized carbons (Fsp3) is 0.130. The standard InChI is InChI=1S/C46H35NS/c1-45(2)39-14-8-5-11-33(39)35-21-19-31(26-41(35)45)47(32-20-22-36-34-12-6-9-15-40(34)46(3,4)42(36)27-32)30-18-17-28-25-44-38(24-29(28)23-30)37-13-7-10-16-43(37)48-44/h5-27H,1-4H3. The molecule has 48 heavy (non-hydrogen) atoms. The van der Waals surface area contributed by atoms with Gasteiger partial charge in [0.1, 0.15) is 0 Å². The lowest BCUT2D eigenvalue weighted by atomic mass is 9.82. The Morgan fingerprint density at radius 2 is 0.917 bits per heavy atom. The summed E-state index contributed by atoms with van der Waals surface area (Å²) in [6.07, 6.45) is 0. The molecule has 0 fully saturated rings. The second-order valence-electron chi connectivity index (χ2n) is 14.6. The molecule has 0 bridgehead atoms. The third-order valence-electron chi connectivity index (χ3n) is 11.2. The lowest BCUT2D eigenvalue weighted by molar-refractivity contribution is 0.660. The Labute approximate surface area is 285 Å². The maximum atomic E-state index is 2.48. The first-order chi connectivity index (χ1) is 23.3. The minimum Gasteiger partial charge on any atom is -0.310 e. The zero-order valence-corrected chi connectivity index (χ0v) is 28.5. The van der Waals surface area contributed by atoms with Crippen LogP contribution in [0.25, 0.3) is 53.2 Å². The highest BCUT2D eigenvalue weighted by atomic mass is 32.1. The normalized spacial score (nSPS) is 15.0. The second kappa shape index (κ2) is 9.69. The van der Waals surface area contributed by atoms with E-state index in [9.17, 15) is 0 Å². The summed E-state index contributed by atoms with van der Waals surface area (Å²) in [5.41, 5.74) is 14.3. The van der Waals surface area contributed by atoms with Gasteiger partial charge in [0.25, 0.3) is 0 Å². The maximum absolute atomic E-state index is 2.48. The van der Waals surface area contributed by atoms with Crippen molar-refractivity contribution in [1.82, 2.24) is 0 Å². The summed E-state index contributed by atoms with van der Waals surface area (Å²) in [6, 6.07) is 52.6. The van der Waals surface area contributed by atoms with Gasteiger partial charge in [0.15, 0.2) is 0 Å². The third kappa shape index (κ3) is 3.78. The van der Waals surface area contributed by atoms with E-state index in [4.69, 9.17) is 0 Å². The van der Waals surface area contributed by atoms with Gasteiger partial charge < -0.3 is 4.90 Å². The van der Waals surface area contributed by atoms with Crippen molar-refractivity contribution in [3.8, 4) is 22.3 Å². The summed E-state index contributed by atoms with van der Waals surface area (Å²) < 4.78 is 2.68. The largest absolute Gasteiger partial charge is 0.310 e. The van der Waals surface area contributed by atoms with Crippen molar-refractivity contribution in [2.75, 3.05) is 4.90 Å². The summed E-state index contributed by atoms with van der Waals surface area (Å²) in [5, 5.41) is 5.20. The Bertz CT molecular complexity index is 2530. The van der Waals surface area contributed by atoms with E-state index in [1.54, 1.807) is 0 Å². The summed E-state index contributed by atoms with van der Waals surface area (Å²) in [5.74, 6) is 0. The molecule has 0 amide bonds. The van der Waals surface area contributed by atoms with Crippen LogP contribution in [-0.4, -0.2) is 0 Å². The zero-order valence-electron chi connectivity index (χ0n) is 27.6. The van der Waals surface area contributed by atoms with Gasteiger partial charge in [0.05, 0.1) is 0 Å². The fourth-order valence-electron chi connectivity index (χ4n) is 8.70. The Morgan fingerprint density at radius 1 is 0.396 bits per heavy atom. The molecule has 2 heteroatoms. The Kier molecular flexibility index (Phi) is 5.63. The van der Waals surface area contributed by atoms with Gasteiger partial charge >= 0.3 is 0 Å². The van der Waals surface area contributed by atoms with Gasteiger partial charge in [-0.3, -0.25) is 0 Å². The van der Waals surface area contributed by atoms with E-state index in [0.717, 1.165) is 0 Å². The monoisotopic (exact) mass is 633 g/mol. The van der Waals surface area contributed by atoms with E-state index in [0.29, 0.717) is 0 Å². The van der Waals surface area contributed by atoms with Crippen LogP contribution < -0.4 is 4.90 Å². The van der Waals surface area contributed by atoms with Crippen molar-refractivity contribution in [3.05, 3.63) is 162 Å². The molecular weight excluding hydrogens is 599 g/mol. The topological polar surface area (TPSA) is 3.24 Å². The first-order valence-corrected chi connectivity index (χ1v) is 17.7. The van der Waals surface area contributed by atoms with Gasteiger partial charge in [-0.2, -0.15) is 0 Å². The van der Waals surface area contributed by atoms with Crippen LogP contribution in [0.5, 0.6) is 0 Å². The maximum Gasteiger partial charge on any atom is 0.0468 e. The number of thiophene rings is 1. The molecule has 0 N–H and O–H groups in total. The van der Waals surface area contributed by atoms with Crippen LogP contribution in [0.4, 0.5) is 17.1 Å². The molecule has 8 aromatic rings. The molecule has 0 atom stereocenters. The van der Waals surface area contributed by atoms with Crippen LogP contribution in [0.15, 0.2) is 140 Å². The molecule has 1 aromatic heterocycles. The summed E-state index contributed by atoms with van der Waals surface area (Å²) >= 11 is 1.88. The van der Waals surface area contributed by atoms with E-state index in [-0.39, 0.29) is 10.8 Å². The first kappa shape index (κ1) is 27.9. The Morgan fingerprint density at radius 3 is 1.56 bits per heavy atom. The smallest absolute Gasteiger partial charge is 0.0468 e. The van der Waals surface area contributed by atoms with Crippen LogP contribution in [0.2, 0.25) is 0 Å². The quantitative estimate of drug-likeness (QED) is 0.187. The van der Waals surface area contributed by atoms with Gasteiger partial charge in [-0.05, 0) is 110 Å². The summed E-state index contributed by atoms with van der Waals surface area (Å²) in [6.45, 7) is 9.47. The van der Waals surface area contributed by atoms with Crippen LogP contribution >= 0.6 is 11.3 Å². The molecule has 7 aromatic carbocycles. The lowest BCUT2D eigenvalue weighted by Crippen LogP contribution is -2.18. The van der Waals surface area contributed by atoms with Crippen molar-refractivity contribution in [2.45, 2.75) is 38.5 Å². The molecule has 1 nitrogen and oxygen atoms in total. The number of anilines is 3. The lowest BCUT2D eigenvalue weighted by Gasteiger charge is -2.30.